The molecule has 0 aliphatic rings. The Kier molecular flexibility index (Phi) is 3.45. The summed E-state index contributed by atoms with van der Waals surface area (Å²) >= 11 is 0. The van der Waals surface area contributed by atoms with E-state index in [1.54, 1.807) is 36.4 Å². The van der Waals surface area contributed by atoms with Crippen LogP contribution in [0.25, 0.3) is 6.08 Å². The summed E-state index contributed by atoms with van der Waals surface area (Å²) in [4.78, 5) is 0. The average Bonchev–Trinajstić information content (AvgIpc) is 2.27. The van der Waals surface area contributed by atoms with Crippen LogP contribution in [0.3, 0.4) is 0 Å². The lowest BCUT2D eigenvalue weighted by Crippen LogP contribution is -2.04. The smallest absolute Gasteiger partial charge is 0.175 e. The molecule has 0 radical (unpaired) electrons. The van der Waals surface area contributed by atoms with Crippen molar-refractivity contribution in [1.82, 2.24) is 0 Å². The summed E-state index contributed by atoms with van der Waals surface area (Å²) in [5.74, 6) is 0. The highest BCUT2D eigenvalue weighted by Crippen LogP contribution is 2.11. The van der Waals surface area contributed by atoms with Gasteiger partial charge in [0.1, 0.15) is 0 Å². The number of nitrogens with zero attached hydrogens (tertiary/aromatic N) is 2. The topological polar surface area (TPSA) is 93.8 Å². The molecule has 3 N–H and O–H groups in total. The number of nitriles is 2. The van der Waals surface area contributed by atoms with Crippen LogP contribution in [-0.2, 0) is 0 Å². The van der Waals surface area contributed by atoms with Crippen molar-refractivity contribution >= 4 is 11.8 Å². The van der Waals surface area contributed by atoms with Crippen molar-refractivity contribution in [3.05, 3.63) is 35.4 Å². The Bertz CT molecular complexity index is 448. The van der Waals surface area contributed by atoms with E-state index in [1.807, 2.05) is 0 Å². The molecule has 1 aromatic rings. The second-order valence-electron chi connectivity index (χ2n) is 2.91. The first-order valence-corrected chi connectivity index (χ1v) is 4.22. The Morgan fingerprint density at radius 1 is 1.33 bits per heavy atom. The first kappa shape index (κ1) is 10.8. The standard InChI is InChI=1S/C11H9N3O/c12-6-9(11(15)7-13)5-8-1-3-10(14)4-2-8/h1-5,11,15H,14H2. The van der Waals surface area contributed by atoms with Crippen LogP contribution in [0.5, 0.6) is 0 Å². The van der Waals surface area contributed by atoms with Crippen LogP contribution in [0.2, 0.25) is 0 Å². The van der Waals surface area contributed by atoms with Crippen LogP contribution >= 0.6 is 0 Å². The van der Waals surface area contributed by atoms with Gasteiger partial charge in [0.2, 0.25) is 0 Å². The number of aliphatic hydroxyl groups is 1. The molecule has 0 aliphatic carbocycles. The number of rotatable bonds is 2. The van der Waals surface area contributed by atoms with E-state index in [4.69, 9.17) is 21.4 Å². The molecule has 0 fully saturated rings. The van der Waals surface area contributed by atoms with E-state index >= 15 is 0 Å². The summed E-state index contributed by atoms with van der Waals surface area (Å²) in [6, 6.07) is 10.1. The minimum atomic E-state index is -1.38. The fourth-order valence-electron chi connectivity index (χ4n) is 1.01. The largest absolute Gasteiger partial charge is 0.399 e. The number of benzene rings is 1. The molecule has 0 saturated carbocycles. The predicted octanol–water partition coefficient (Wildman–Crippen LogP) is 1.06. The summed E-state index contributed by atoms with van der Waals surface area (Å²) in [6.07, 6.45) is 0.0698. The molecule has 0 heterocycles. The maximum Gasteiger partial charge on any atom is 0.175 e. The lowest BCUT2D eigenvalue weighted by Gasteiger charge is -1.99. The van der Waals surface area contributed by atoms with Gasteiger partial charge in [-0.05, 0) is 23.8 Å². The number of anilines is 1. The molecule has 4 heteroatoms. The highest BCUT2D eigenvalue weighted by molar-refractivity contribution is 5.60. The summed E-state index contributed by atoms with van der Waals surface area (Å²) < 4.78 is 0. The number of hydrogen-bond donors (Lipinski definition) is 2. The molecule has 0 spiro atoms. The first-order valence-electron chi connectivity index (χ1n) is 4.22. The molecular formula is C11H9N3O. The summed E-state index contributed by atoms with van der Waals surface area (Å²) in [7, 11) is 0. The average molecular weight is 199 g/mol. The van der Waals surface area contributed by atoms with Crippen LogP contribution in [0.1, 0.15) is 5.56 Å². The van der Waals surface area contributed by atoms with Gasteiger partial charge >= 0.3 is 0 Å². The van der Waals surface area contributed by atoms with Gasteiger partial charge in [0.05, 0.1) is 17.7 Å². The fraction of sp³-hybridized carbons (Fsp3) is 0.0909. The van der Waals surface area contributed by atoms with E-state index in [9.17, 15) is 0 Å². The minimum absolute atomic E-state index is 0.0160. The molecule has 0 aromatic heterocycles. The van der Waals surface area contributed by atoms with E-state index in [2.05, 4.69) is 0 Å². The molecular weight excluding hydrogens is 190 g/mol. The molecule has 1 unspecified atom stereocenters. The minimum Gasteiger partial charge on any atom is -0.399 e. The Morgan fingerprint density at radius 3 is 2.40 bits per heavy atom. The zero-order valence-corrected chi connectivity index (χ0v) is 7.88. The van der Waals surface area contributed by atoms with Gasteiger partial charge in [0, 0.05) is 5.69 Å². The highest BCUT2D eigenvalue weighted by atomic mass is 16.3. The second kappa shape index (κ2) is 4.80. The van der Waals surface area contributed by atoms with Crippen LogP contribution in [0.4, 0.5) is 5.69 Å². The Labute approximate surface area is 87.5 Å². The molecule has 1 rings (SSSR count). The van der Waals surface area contributed by atoms with Crippen LogP contribution < -0.4 is 5.73 Å². The van der Waals surface area contributed by atoms with Gasteiger partial charge in [-0.2, -0.15) is 10.5 Å². The van der Waals surface area contributed by atoms with E-state index in [-0.39, 0.29) is 5.57 Å². The normalized spacial score (nSPS) is 12.6. The van der Waals surface area contributed by atoms with Crippen molar-refractivity contribution in [2.75, 3.05) is 5.73 Å². The monoisotopic (exact) mass is 199 g/mol. The summed E-state index contributed by atoms with van der Waals surface area (Å²) in [6.45, 7) is 0. The maximum absolute atomic E-state index is 9.16. The quantitative estimate of drug-likeness (QED) is 0.423. The highest BCUT2D eigenvalue weighted by Gasteiger charge is 2.08. The zero-order valence-electron chi connectivity index (χ0n) is 7.88. The number of aliphatic hydroxyl groups excluding tert-OH is 1. The van der Waals surface area contributed by atoms with Gasteiger partial charge in [-0.1, -0.05) is 12.1 Å². The van der Waals surface area contributed by atoms with Crippen LogP contribution in [0.15, 0.2) is 29.8 Å². The molecule has 1 aromatic carbocycles. The van der Waals surface area contributed by atoms with E-state index < -0.39 is 6.10 Å². The third-order valence-corrected chi connectivity index (χ3v) is 1.80. The molecule has 74 valence electrons. The molecule has 15 heavy (non-hydrogen) atoms. The van der Waals surface area contributed by atoms with Gasteiger partial charge in [0.15, 0.2) is 6.10 Å². The van der Waals surface area contributed by atoms with Crippen molar-refractivity contribution in [1.29, 1.82) is 10.5 Å². The van der Waals surface area contributed by atoms with Crippen LogP contribution in [-0.4, -0.2) is 11.2 Å². The van der Waals surface area contributed by atoms with E-state index in [0.29, 0.717) is 5.69 Å². The number of hydrogen-bond acceptors (Lipinski definition) is 4. The molecule has 0 bridgehead atoms. The lowest BCUT2D eigenvalue weighted by atomic mass is 10.1. The SMILES string of the molecule is N#CC(=Cc1ccc(N)cc1)C(O)C#N. The maximum atomic E-state index is 9.16. The Morgan fingerprint density at radius 2 is 1.93 bits per heavy atom. The van der Waals surface area contributed by atoms with Gasteiger partial charge < -0.3 is 10.8 Å². The second-order valence-corrected chi connectivity index (χ2v) is 2.91. The zero-order chi connectivity index (χ0) is 11.3. The van der Waals surface area contributed by atoms with E-state index in [0.717, 1.165) is 5.56 Å². The molecule has 0 amide bonds. The van der Waals surface area contributed by atoms with Crippen molar-refractivity contribution in [2.45, 2.75) is 6.10 Å². The summed E-state index contributed by atoms with van der Waals surface area (Å²) in [5, 5.41) is 26.3. The molecule has 0 saturated heterocycles. The van der Waals surface area contributed by atoms with Crippen molar-refractivity contribution in [2.24, 2.45) is 0 Å². The van der Waals surface area contributed by atoms with Gasteiger partial charge in [-0.25, -0.2) is 0 Å². The lowest BCUT2D eigenvalue weighted by molar-refractivity contribution is 0.271. The fourth-order valence-corrected chi connectivity index (χ4v) is 1.01. The number of nitrogen functional groups attached to an aromatic ring is 1. The third kappa shape index (κ3) is 2.84. The Hall–Kier alpha value is -2.30. The molecule has 1 atom stereocenters. The van der Waals surface area contributed by atoms with Gasteiger partial charge in [-0.15, -0.1) is 0 Å². The van der Waals surface area contributed by atoms with E-state index in [1.165, 1.54) is 6.08 Å². The van der Waals surface area contributed by atoms with Crippen molar-refractivity contribution in [3.8, 4) is 12.1 Å². The Balaban J connectivity index is 3.01. The first-order chi connectivity index (χ1) is 7.17. The van der Waals surface area contributed by atoms with Gasteiger partial charge in [-0.3, -0.25) is 0 Å². The number of nitrogens with two attached hydrogens (primary N) is 1. The third-order valence-electron chi connectivity index (χ3n) is 1.80. The van der Waals surface area contributed by atoms with Crippen molar-refractivity contribution < 1.29 is 5.11 Å². The van der Waals surface area contributed by atoms with Crippen molar-refractivity contribution in [3.63, 3.8) is 0 Å². The molecule has 4 nitrogen and oxygen atoms in total. The van der Waals surface area contributed by atoms with Crippen LogP contribution in [0, 0.1) is 22.7 Å². The summed E-state index contributed by atoms with van der Waals surface area (Å²) in [5.41, 5.74) is 6.84. The van der Waals surface area contributed by atoms with Gasteiger partial charge in [0.25, 0.3) is 0 Å². The molecule has 0 aliphatic heterocycles. The predicted molar refractivity (Wildman–Crippen MR) is 56.1 cm³/mol.